The highest BCUT2D eigenvalue weighted by atomic mass is 16.6. The van der Waals surface area contributed by atoms with Crippen molar-refractivity contribution in [3.63, 3.8) is 0 Å². The summed E-state index contributed by atoms with van der Waals surface area (Å²) < 4.78 is 4.83. The van der Waals surface area contributed by atoms with Gasteiger partial charge in [-0.1, -0.05) is 6.92 Å². The van der Waals surface area contributed by atoms with Crippen molar-refractivity contribution in [3.8, 4) is 0 Å². The third-order valence-electron chi connectivity index (χ3n) is 2.09. The van der Waals surface area contributed by atoms with Gasteiger partial charge in [-0.25, -0.2) is 0 Å². The summed E-state index contributed by atoms with van der Waals surface area (Å²) in [5.41, 5.74) is 0. The summed E-state index contributed by atoms with van der Waals surface area (Å²) in [6, 6.07) is 0. The van der Waals surface area contributed by atoms with Gasteiger partial charge < -0.3 is 25.2 Å². The van der Waals surface area contributed by atoms with E-state index in [1.807, 2.05) is 0 Å². The molecule has 0 aromatic rings. The van der Waals surface area contributed by atoms with Crippen LogP contribution in [-0.2, 0) is 4.74 Å². The Labute approximate surface area is 70.2 Å². The number of rotatable bonds is 1. The first-order chi connectivity index (χ1) is 5.57. The van der Waals surface area contributed by atoms with E-state index in [-0.39, 0.29) is 0 Å². The second-order valence-electron chi connectivity index (χ2n) is 2.95. The standard InChI is InChI=1S/C7H14O5/c1-2-3-4(8)5(9)6(10)7(11)12-3/h3-11H,2H2,1H3/t3-,4+,5+,6-,7?/m1/s1. The minimum atomic E-state index is -1.43. The smallest absolute Gasteiger partial charge is 0.183 e. The molecule has 0 aromatic heterocycles. The molecule has 0 aliphatic carbocycles. The molecular formula is C7H14O5. The van der Waals surface area contributed by atoms with E-state index in [9.17, 15) is 10.2 Å². The summed E-state index contributed by atoms with van der Waals surface area (Å²) in [4.78, 5) is 0. The van der Waals surface area contributed by atoms with Gasteiger partial charge in [0.25, 0.3) is 0 Å². The van der Waals surface area contributed by atoms with Crippen molar-refractivity contribution in [2.24, 2.45) is 0 Å². The van der Waals surface area contributed by atoms with Crippen molar-refractivity contribution in [1.82, 2.24) is 0 Å². The maximum atomic E-state index is 9.28. The molecule has 1 rings (SSSR count). The summed E-state index contributed by atoms with van der Waals surface area (Å²) in [5, 5.41) is 36.5. The van der Waals surface area contributed by atoms with E-state index in [1.165, 1.54) is 0 Å². The number of aliphatic hydroxyl groups is 4. The highest BCUT2D eigenvalue weighted by Crippen LogP contribution is 2.21. The van der Waals surface area contributed by atoms with Crippen LogP contribution in [0.5, 0.6) is 0 Å². The molecule has 5 heteroatoms. The van der Waals surface area contributed by atoms with E-state index in [0.29, 0.717) is 6.42 Å². The average molecular weight is 178 g/mol. The predicted octanol–water partition coefficient (Wildman–Crippen LogP) is -1.80. The van der Waals surface area contributed by atoms with Crippen molar-refractivity contribution >= 4 is 0 Å². The van der Waals surface area contributed by atoms with Crippen molar-refractivity contribution in [1.29, 1.82) is 0 Å². The third kappa shape index (κ3) is 1.60. The molecule has 1 saturated heterocycles. The molecule has 0 amide bonds. The van der Waals surface area contributed by atoms with Crippen LogP contribution in [0.25, 0.3) is 0 Å². The predicted molar refractivity (Wildman–Crippen MR) is 39.2 cm³/mol. The van der Waals surface area contributed by atoms with Gasteiger partial charge in [-0.2, -0.15) is 0 Å². The molecule has 12 heavy (non-hydrogen) atoms. The quantitative estimate of drug-likeness (QED) is 0.380. The molecule has 72 valence electrons. The minimum absolute atomic E-state index is 0.474. The molecule has 0 saturated carbocycles. The lowest BCUT2D eigenvalue weighted by Gasteiger charge is -2.37. The fourth-order valence-corrected chi connectivity index (χ4v) is 1.27. The van der Waals surface area contributed by atoms with Gasteiger partial charge in [-0.15, -0.1) is 0 Å². The summed E-state index contributed by atoms with van der Waals surface area (Å²) >= 11 is 0. The zero-order valence-corrected chi connectivity index (χ0v) is 6.79. The van der Waals surface area contributed by atoms with Gasteiger partial charge in [0, 0.05) is 0 Å². The van der Waals surface area contributed by atoms with Crippen LogP contribution in [0.15, 0.2) is 0 Å². The monoisotopic (exact) mass is 178 g/mol. The van der Waals surface area contributed by atoms with Crippen LogP contribution in [0.3, 0.4) is 0 Å². The molecule has 1 fully saturated rings. The van der Waals surface area contributed by atoms with Crippen LogP contribution < -0.4 is 0 Å². The number of hydrogen-bond donors (Lipinski definition) is 4. The second kappa shape index (κ2) is 3.68. The van der Waals surface area contributed by atoms with Crippen LogP contribution in [0.2, 0.25) is 0 Å². The van der Waals surface area contributed by atoms with Crippen LogP contribution in [-0.4, -0.2) is 51.1 Å². The Kier molecular flexibility index (Phi) is 3.03. The van der Waals surface area contributed by atoms with Crippen molar-refractivity contribution in [3.05, 3.63) is 0 Å². The van der Waals surface area contributed by atoms with Crippen LogP contribution in [0.1, 0.15) is 13.3 Å². The Morgan fingerprint density at radius 1 is 1.00 bits per heavy atom. The van der Waals surface area contributed by atoms with Gasteiger partial charge in [0.2, 0.25) is 0 Å². The van der Waals surface area contributed by atoms with Crippen molar-refractivity contribution in [2.75, 3.05) is 0 Å². The first-order valence-electron chi connectivity index (χ1n) is 3.95. The van der Waals surface area contributed by atoms with Gasteiger partial charge in [0.05, 0.1) is 6.10 Å². The van der Waals surface area contributed by atoms with Crippen LogP contribution in [0, 0.1) is 0 Å². The molecule has 1 aliphatic rings. The van der Waals surface area contributed by atoms with E-state index in [4.69, 9.17) is 14.9 Å². The Morgan fingerprint density at radius 3 is 2.08 bits per heavy atom. The SMILES string of the molecule is CC[C@H]1OC(O)[C@H](O)[C@@H](O)[C@H]1O. The highest BCUT2D eigenvalue weighted by Gasteiger charge is 2.41. The van der Waals surface area contributed by atoms with E-state index in [1.54, 1.807) is 6.92 Å². The van der Waals surface area contributed by atoms with E-state index < -0.39 is 30.7 Å². The Bertz CT molecular complexity index is 146. The molecule has 5 nitrogen and oxygen atoms in total. The topological polar surface area (TPSA) is 90.2 Å². The Hall–Kier alpha value is -0.200. The normalized spacial score (nSPS) is 49.2. The number of ether oxygens (including phenoxy) is 1. The molecular weight excluding hydrogens is 164 g/mol. The van der Waals surface area contributed by atoms with Gasteiger partial charge >= 0.3 is 0 Å². The molecule has 1 unspecified atom stereocenters. The van der Waals surface area contributed by atoms with Crippen molar-refractivity contribution < 1.29 is 25.2 Å². The molecule has 1 heterocycles. The second-order valence-corrected chi connectivity index (χ2v) is 2.95. The summed E-state index contributed by atoms with van der Waals surface area (Å²) in [7, 11) is 0. The van der Waals surface area contributed by atoms with Gasteiger partial charge in [0.1, 0.15) is 18.3 Å². The average Bonchev–Trinajstić information content (AvgIpc) is 2.08. The Morgan fingerprint density at radius 2 is 1.58 bits per heavy atom. The van der Waals surface area contributed by atoms with E-state index in [0.717, 1.165) is 0 Å². The summed E-state index contributed by atoms with van der Waals surface area (Å²) in [5.74, 6) is 0. The molecule has 0 spiro atoms. The van der Waals surface area contributed by atoms with Crippen molar-refractivity contribution in [2.45, 2.75) is 44.1 Å². The van der Waals surface area contributed by atoms with Gasteiger partial charge in [-0.05, 0) is 6.42 Å². The molecule has 0 radical (unpaired) electrons. The molecule has 1 aliphatic heterocycles. The zero-order valence-electron chi connectivity index (χ0n) is 6.79. The fourth-order valence-electron chi connectivity index (χ4n) is 1.27. The highest BCUT2D eigenvalue weighted by molar-refractivity contribution is 4.87. The van der Waals surface area contributed by atoms with Gasteiger partial charge in [-0.3, -0.25) is 0 Å². The number of hydrogen-bond acceptors (Lipinski definition) is 5. The lowest BCUT2D eigenvalue weighted by molar-refractivity contribution is -0.281. The third-order valence-corrected chi connectivity index (χ3v) is 2.09. The zero-order chi connectivity index (χ0) is 9.30. The van der Waals surface area contributed by atoms with Gasteiger partial charge in [0.15, 0.2) is 6.29 Å². The van der Waals surface area contributed by atoms with Crippen LogP contribution in [0.4, 0.5) is 0 Å². The summed E-state index contributed by atoms with van der Waals surface area (Å²) in [6.45, 7) is 1.75. The molecule has 4 N–H and O–H groups in total. The van der Waals surface area contributed by atoms with E-state index in [2.05, 4.69) is 0 Å². The van der Waals surface area contributed by atoms with Crippen LogP contribution >= 0.6 is 0 Å². The maximum Gasteiger partial charge on any atom is 0.183 e. The maximum absolute atomic E-state index is 9.28. The lowest BCUT2D eigenvalue weighted by atomic mass is 9.97. The Balaban J connectivity index is 2.63. The minimum Gasteiger partial charge on any atom is -0.388 e. The van der Waals surface area contributed by atoms with E-state index >= 15 is 0 Å². The number of aliphatic hydroxyl groups excluding tert-OH is 4. The first-order valence-corrected chi connectivity index (χ1v) is 3.95. The lowest BCUT2D eigenvalue weighted by Crippen LogP contribution is -2.57. The largest absolute Gasteiger partial charge is 0.388 e. The first kappa shape index (κ1) is 9.88. The summed E-state index contributed by atoms with van der Waals surface area (Å²) in [6.07, 6.45) is -5.44. The molecule has 0 bridgehead atoms. The molecule has 5 atom stereocenters. The fraction of sp³-hybridized carbons (Fsp3) is 1.00. The molecule has 0 aromatic carbocycles.